The van der Waals surface area contributed by atoms with E-state index in [1.54, 1.807) is 0 Å². The molecular weight excluding hydrogens is 234 g/mol. The highest BCUT2D eigenvalue weighted by molar-refractivity contribution is 5.46. The van der Waals surface area contributed by atoms with Gasteiger partial charge in [-0.1, -0.05) is 20.8 Å². The minimum absolute atomic E-state index is 0.447. The van der Waals surface area contributed by atoms with E-state index in [9.17, 15) is 0 Å². The third kappa shape index (κ3) is 2.92. The Labute approximate surface area is 117 Å². The predicted octanol–water partition coefficient (Wildman–Crippen LogP) is 3.43. The van der Waals surface area contributed by atoms with E-state index in [0.717, 1.165) is 11.5 Å². The number of rotatable bonds is 4. The van der Waals surface area contributed by atoms with Gasteiger partial charge in [0.05, 0.1) is 0 Å². The number of hydrogen-bond donors (Lipinski definition) is 1. The van der Waals surface area contributed by atoms with Gasteiger partial charge in [-0.15, -0.1) is 0 Å². The molecule has 1 fully saturated rings. The largest absolute Gasteiger partial charge is 0.351 e. The van der Waals surface area contributed by atoms with Crippen LogP contribution in [-0.4, -0.2) is 17.1 Å². The molecule has 1 saturated heterocycles. The fourth-order valence-corrected chi connectivity index (χ4v) is 3.03. The minimum Gasteiger partial charge on any atom is -0.351 e. The SMILES string of the molecule is CCC1CCC(C)N1c1cc(CN)cc(C(C)C)n1. The lowest BCUT2D eigenvalue weighted by Gasteiger charge is -2.30. The Bertz CT molecular complexity index is 428. The molecule has 0 aliphatic carbocycles. The molecule has 2 heterocycles. The molecule has 2 rings (SSSR count). The van der Waals surface area contributed by atoms with Gasteiger partial charge >= 0.3 is 0 Å². The first-order chi connectivity index (χ1) is 9.06. The fourth-order valence-electron chi connectivity index (χ4n) is 3.03. The molecule has 1 aromatic rings. The highest BCUT2D eigenvalue weighted by atomic mass is 15.3. The van der Waals surface area contributed by atoms with Crippen LogP contribution in [0.1, 0.15) is 64.1 Å². The Balaban J connectivity index is 2.40. The summed E-state index contributed by atoms with van der Waals surface area (Å²) in [6.07, 6.45) is 3.74. The second-order valence-corrected chi connectivity index (χ2v) is 6.01. The van der Waals surface area contributed by atoms with Crippen molar-refractivity contribution in [3.63, 3.8) is 0 Å². The lowest BCUT2D eigenvalue weighted by atomic mass is 10.1. The van der Waals surface area contributed by atoms with Crippen molar-refractivity contribution in [2.24, 2.45) is 5.73 Å². The summed E-state index contributed by atoms with van der Waals surface area (Å²) in [4.78, 5) is 7.39. The van der Waals surface area contributed by atoms with Crippen LogP contribution in [0.2, 0.25) is 0 Å². The molecule has 19 heavy (non-hydrogen) atoms. The van der Waals surface area contributed by atoms with Crippen molar-refractivity contribution in [1.29, 1.82) is 0 Å². The van der Waals surface area contributed by atoms with Crippen LogP contribution in [-0.2, 0) is 6.54 Å². The maximum atomic E-state index is 5.84. The number of hydrogen-bond acceptors (Lipinski definition) is 3. The van der Waals surface area contributed by atoms with E-state index in [-0.39, 0.29) is 0 Å². The first-order valence-corrected chi connectivity index (χ1v) is 7.56. The van der Waals surface area contributed by atoms with Crippen molar-refractivity contribution >= 4 is 5.82 Å². The van der Waals surface area contributed by atoms with Crippen LogP contribution in [0.25, 0.3) is 0 Å². The molecule has 0 bridgehead atoms. The van der Waals surface area contributed by atoms with E-state index in [1.165, 1.54) is 24.8 Å². The molecule has 2 unspecified atom stereocenters. The standard InChI is InChI=1S/C16H27N3/c1-5-14-7-6-12(4)19(14)16-9-13(10-17)8-15(18-16)11(2)3/h8-9,11-12,14H,5-7,10,17H2,1-4H3. The van der Waals surface area contributed by atoms with Crippen LogP contribution in [0.15, 0.2) is 12.1 Å². The van der Waals surface area contributed by atoms with E-state index in [2.05, 4.69) is 44.7 Å². The highest BCUT2D eigenvalue weighted by Crippen LogP contribution is 2.32. The average Bonchev–Trinajstić information content (AvgIpc) is 2.79. The zero-order valence-electron chi connectivity index (χ0n) is 12.7. The second-order valence-electron chi connectivity index (χ2n) is 6.01. The number of nitrogens with two attached hydrogens (primary N) is 1. The first-order valence-electron chi connectivity index (χ1n) is 7.56. The summed E-state index contributed by atoms with van der Waals surface area (Å²) in [6, 6.07) is 5.55. The van der Waals surface area contributed by atoms with Crippen molar-refractivity contribution in [3.05, 3.63) is 23.4 Å². The summed E-state index contributed by atoms with van der Waals surface area (Å²) < 4.78 is 0. The number of aromatic nitrogens is 1. The van der Waals surface area contributed by atoms with Gasteiger partial charge in [-0.3, -0.25) is 0 Å². The summed E-state index contributed by atoms with van der Waals surface area (Å²) in [5.74, 6) is 1.58. The van der Waals surface area contributed by atoms with Crippen LogP contribution in [0.4, 0.5) is 5.82 Å². The number of pyridine rings is 1. The Kier molecular flexibility index (Phi) is 4.46. The zero-order chi connectivity index (χ0) is 14.0. The predicted molar refractivity (Wildman–Crippen MR) is 81.5 cm³/mol. The monoisotopic (exact) mass is 261 g/mol. The molecule has 0 saturated carbocycles. The van der Waals surface area contributed by atoms with Gasteiger partial charge in [0.1, 0.15) is 5.82 Å². The van der Waals surface area contributed by atoms with Crippen molar-refractivity contribution in [2.45, 2.75) is 71.5 Å². The van der Waals surface area contributed by atoms with Crippen molar-refractivity contribution < 1.29 is 0 Å². The smallest absolute Gasteiger partial charge is 0.129 e. The van der Waals surface area contributed by atoms with Gasteiger partial charge in [0.15, 0.2) is 0 Å². The summed E-state index contributed by atoms with van der Waals surface area (Å²) in [7, 11) is 0. The van der Waals surface area contributed by atoms with Crippen molar-refractivity contribution in [2.75, 3.05) is 4.90 Å². The van der Waals surface area contributed by atoms with E-state index in [4.69, 9.17) is 10.7 Å². The lowest BCUT2D eigenvalue weighted by Crippen LogP contribution is -2.35. The maximum Gasteiger partial charge on any atom is 0.129 e. The van der Waals surface area contributed by atoms with E-state index in [1.807, 2.05) is 0 Å². The third-order valence-electron chi connectivity index (χ3n) is 4.24. The molecule has 1 aliphatic rings. The normalized spacial score (nSPS) is 23.4. The quantitative estimate of drug-likeness (QED) is 0.903. The lowest BCUT2D eigenvalue weighted by molar-refractivity contribution is 0.618. The zero-order valence-corrected chi connectivity index (χ0v) is 12.7. The second kappa shape index (κ2) is 5.91. The molecule has 1 aromatic heterocycles. The van der Waals surface area contributed by atoms with Crippen LogP contribution < -0.4 is 10.6 Å². The van der Waals surface area contributed by atoms with Gasteiger partial charge in [0.2, 0.25) is 0 Å². The Morgan fingerprint density at radius 3 is 2.68 bits per heavy atom. The number of anilines is 1. The molecule has 106 valence electrons. The van der Waals surface area contributed by atoms with Gasteiger partial charge in [-0.05, 0) is 49.8 Å². The van der Waals surface area contributed by atoms with Crippen LogP contribution in [0.3, 0.4) is 0 Å². The van der Waals surface area contributed by atoms with E-state index in [0.29, 0.717) is 24.5 Å². The Hall–Kier alpha value is -1.09. The van der Waals surface area contributed by atoms with E-state index < -0.39 is 0 Å². The van der Waals surface area contributed by atoms with E-state index >= 15 is 0 Å². The molecule has 0 amide bonds. The fraction of sp³-hybridized carbons (Fsp3) is 0.688. The molecule has 2 atom stereocenters. The van der Waals surface area contributed by atoms with Crippen LogP contribution in [0.5, 0.6) is 0 Å². The van der Waals surface area contributed by atoms with Crippen molar-refractivity contribution in [1.82, 2.24) is 4.98 Å². The van der Waals surface area contributed by atoms with Gasteiger partial charge < -0.3 is 10.6 Å². The van der Waals surface area contributed by atoms with Crippen LogP contribution in [0, 0.1) is 0 Å². The summed E-state index contributed by atoms with van der Waals surface area (Å²) in [5.41, 5.74) is 8.20. The van der Waals surface area contributed by atoms with Gasteiger partial charge in [-0.25, -0.2) is 4.98 Å². The molecule has 0 radical (unpaired) electrons. The highest BCUT2D eigenvalue weighted by Gasteiger charge is 2.30. The molecule has 2 N–H and O–H groups in total. The van der Waals surface area contributed by atoms with Gasteiger partial charge in [0.25, 0.3) is 0 Å². The Morgan fingerprint density at radius 1 is 1.37 bits per heavy atom. The van der Waals surface area contributed by atoms with Crippen LogP contribution >= 0.6 is 0 Å². The average molecular weight is 261 g/mol. The molecule has 3 heteroatoms. The molecule has 1 aliphatic heterocycles. The van der Waals surface area contributed by atoms with Crippen molar-refractivity contribution in [3.8, 4) is 0 Å². The van der Waals surface area contributed by atoms with Gasteiger partial charge in [0, 0.05) is 24.3 Å². The minimum atomic E-state index is 0.447. The maximum absolute atomic E-state index is 5.84. The summed E-state index contributed by atoms with van der Waals surface area (Å²) in [5, 5.41) is 0. The third-order valence-corrected chi connectivity index (χ3v) is 4.24. The first kappa shape index (κ1) is 14.3. The molecule has 0 aromatic carbocycles. The molecule has 0 spiro atoms. The summed E-state index contributed by atoms with van der Waals surface area (Å²) in [6.45, 7) is 9.55. The Morgan fingerprint density at radius 2 is 2.11 bits per heavy atom. The topological polar surface area (TPSA) is 42.1 Å². The van der Waals surface area contributed by atoms with Gasteiger partial charge in [-0.2, -0.15) is 0 Å². The number of nitrogens with zero attached hydrogens (tertiary/aromatic N) is 2. The molecular formula is C16H27N3. The summed E-state index contributed by atoms with van der Waals surface area (Å²) >= 11 is 0. The molecule has 3 nitrogen and oxygen atoms in total.